The first kappa shape index (κ1) is 8.62. The van der Waals surface area contributed by atoms with Crippen LogP contribution in [0.2, 0.25) is 0 Å². The van der Waals surface area contributed by atoms with E-state index in [4.69, 9.17) is 5.73 Å². The first-order valence-corrected chi connectivity index (χ1v) is 6.09. The third kappa shape index (κ3) is 1.17. The normalized spacial score (nSPS) is 20.5. The summed E-state index contributed by atoms with van der Waals surface area (Å²) in [5, 5.41) is 5.67. The Bertz CT molecular complexity index is 562. The van der Waals surface area contributed by atoms with E-state index in [0.29, 0.717) is 12.0 Å². The predicted octanol–water partition coefficient (Wildman–Crippen LogP) is 2.83. The Morgan fingerprint density at radius 1 is 1.19 bits per heavy atom. The maximum absolute atomic E-state index is 6.09. The van der Waals surface area contributed by atoms with Gasteiger partial charge in [-0.1, -0.05) is 0 Å². The minimum Gasteiger partial charge on any atom is -0.398 e. The lowest BCUT2D eigenvalue weighted by Gasteiger charge is -2.06. The molecule has 0 atom stereocenters. The van der Waals surface area contributed by atoms with Crippen molar-refractivity contribution in [3.05, 3.63) is 23.9 Å². The first-order chi connectivity index (χ1) is 7.83. The van der Waals surface area contributed by atoms with E-state index < -0.39 is 0 Å². The Morgan fingerprint density at radius 2 is 2.00 bits per heavy atom. The van der Waals surface area contributed by atoms with Gasteiger partial charge < -0.3 is 5.73 Å². The summed E-state index contributed by atoms with van der Waals surface area (Å²) in [5.74, 6) is 0.715. The quantitative estimate of drug-likeness (QED) is 0.779. The van der Waals surface area contributed by atoms with Gasteiger partial charge in [0.05, 0.1) is 17.8 Å². The highest BCUT2D eigenvalue weighted by atomic mass is 15.3. The van der Waals surface area contributed by atoms with Crippen LogP contribution in [0.25, 0.3) is 10.9 Å². The molecule has 82 valence electrons. The van der Waals surface area contributed by atoms with Gasteiger partial charge in [-0.25, -0.2) is 0 Å². The fourth-order valence-corrected chi connectivity index (χ4v) is 2.49. The molecule has 2 fully saturated rings. The second-order valence-electron chi connectivity index (χ2n) is 5.13. The third-order valence-electron chi connectivity index (χ3n) is 3.71. The molecule has 2 aromatic rings. The maximum atomic E-state index is 6.09. The molecule has 4 rings (SSSR count). The molecule has 0 amide bonds. The van der Waals surface area contributed by atoms with Crippen LogP contribution in [-0.4, -0.2) is 9.78 Å². The van der Waals surface area contributed by atoms with E-state index in [1.165, 1.54) is 42.1 Å². The van der Waals surface area contributed by atoms with Gasteiger partial charge in [-0.3, -0.25) is 4.68 Å². The van der Waals surface area contributed by atoms with E-state index in [1.54, 1.807) is 0 Å². The average Bonchev–Trinajstić information content (AvgIpc) is 3.15. The van der Waals surface area contributed by atoms with Gasteiger partial charge in [0.1, 0.15) is 0 Å². The van der Waals surface area contributed by atoms with E-state index in [9.17, 15) is 0 Å². The average molecular weight is 213 g/mol. The van der Waals surface area contributed by atoms with Crippen LogP contribution in [-0.2, 0) is 0 Å². The lowest BCUT2D eigenvalue weighted by Crippen LogP contribution is -1.97. The Balaban J connectivity index is 1.95. The van der Waals surface area contributed by atoms with Crippen molar-refractivity contribution in [1.29, 1.82) is 0 Å². The van der Waals surface area contributed by atoms with Gasteiger partial charge in [0.25, 0.3) is 0 Å². The number of nitrogen functional groups attached to an aromatic ring is 1. The van der Waals surface area contributed by atoms with Crippen LogP contribution >= 0.6 is 0 Å². The van der Waals surface area contributed by atoms with Crippen molar-refractivity contribution < 1.29 is 0 Å². The standard InChI is InChI=1S/C13H15N3/c14-12-5-9-7-15-16(10-3-4-10)13(9)6-11(12)8-1-2-8/h5-8,10H,1-4,14H2. The number of rotatable bonds is 2. The predicted molar refractivity (Wildman–Crippen MR) is 64.4 cm³/mol. The van der Waals surface area contributed by atoms with Crippen molar-refractivity contribution in [2.24, 2.45) is 0 Å². The first-order valence-electron chi connectivity index (χ1n) is 6.09. The third-order valence-corrected chi connectivity index (χ3v) is 3.71. The van der Waals surface area contributed by atoms with Gasteiger partial charge in [-0.05, 0) is 49.3 Å². The summed E-state index contributed by atoms with van der Waals surface area (Å²) in [4.78, 5) is 0. The van der Waals surface area contributed by atoms with Crippen LogP contribution in [0.1, 0.15) is 43.2 Å². The lowest BCUT2D eigenvalue weighted by atomic mass is 10.1. The molecule has 2 N–H and O–H groups in total. The number of benzene rings is 1. The van der Waals surface area contributed by atoms with E-state index in [1.807, 2.05) is 6.20 Å². The molecule has 1 aromatic heterocycles. The van der Waals surface area contributed by atoms with Crippen molar-refractivity contribution in [1.82, 2.24) is 9.78 Å². The Morgan fingerprint density at radius 3 is 2.69 bits per heavy atom. The zero-order valence-electron chi connectivity index (χ0n) is 9.19. The van der Waals surface area contributed by atoms with Crippen LogP contribution in [0.15, 0.2) is 18.3 Å². The van der Waals surface area contributed by atoms with Crippen LogP contribution < -0.4 is 5.73 Å². The Kier molecular flexibility index (Phi) is 1.50. The molecule has 1 heterocycles. The Labute approximate surface area is 94.2 Å². The zero-order chi connectivity index (χ0) is 10.7. The second kappa shape index (κ2) is 2.78. The summed E-state index contributed by atoms with van der Waals surface area (Å²) in [6.45, 7) is 0. The number of anilines is 1. The van der Waals surface area contributed by atoms with Crippen molar-refractivity contribution in [2.75, 3.05) is 5.73 Å². The molecule has 2 aliphatic rings. The van der Waals surface area contributed by atoms with Crippen molar-refractivity contribution in [3.8, 4) is 0 Å². The van der Waals surface area contributed by atoms with Gasteiger partial charge in [0.2, 0.25) is 0 Å². The summed E-state index contributed by atoms with van der Waals surface area (Å²) in [6, 6.07) is 5.01. The summed E-state index contributed by atoms with van der Waals surface area (Å²) < 4.78 is 2.18. The molecule has 0 bridgehead atoms. The Hall–Kier alpha value is -1.51. The van der Waals surface area contributed by atoms with Crippen LogP contribution in [0.4, 0.5) is 5.69 Å². The minimum absolute atomic E-state index is 0.646. The number of hydrogen-bond donors (Lipinski definition) is 1. The van der Waals surface area contributed by atoms with Crippen LogP contribution in [0.5, 0.6) is 0 Å². The smallest absolute Gasteiger partial charge is 0.0690 e. The molecule has 0 radical (unpaired) electrons. The maximum Gasteiger partial charge on any atom is 0.0690 e. The molecule has 0 saturated heterocycles. The van der Waals surface area contributed by atoms with Crippen molar-refractivity contribution in [3.63, 3.8) is 0 Å². The van der Waals surface area contributed by atoms with Gasteiger partial charge >= 0.3 is 0 Å². The molecule has 2 saturated carbocycles. The highest BCUT2D eigenvalue weighted by Crippen LogP contribution is 2.45. The second-order valence-corrected chi connectivity index (χ2v) is 5.13. The molecule has 1 aromatic carbocycles. The lowest BCUT2D eigenvalue weighted by molar-refractivity contribution is 0.665. The molecule has 0 unspecified atom stereocenters. The number of fused-ring (bicyclic) bond motifs is 1. The topological polar surface area (TPSA) is 43.8 Å². The number of nitrogens with two attached hydrogens (primary N) is 1. The van der Waals surface area contributed by atoms with Crippen molar-refractivity contribution in [2.45, 2.75) is 37.6 Å². The van der Waals surface area contributed by atoms with Crippen LogP contribution in [0, 0.1) is 0 Å². The molecule has 0 aliphatic heterocycles. The molecular weight excluding hydrogens is 198 g/mol. The molecule has 2 aliphatic carbocycles. The summed E-state index contributed by atoms with van der Waals surface area (Å²) in [7, 11) is 0. The van der Waals surface area contributed by atoms with Gasteiger partial charge in [-0.2, -0.15) is 5.10 Å². The molecule has 3 nitrogen and oxygen atoms in total. The fourth-order valence-electron chi connectivity index (χ4n) is 2.49. The molecule has 0 spiro atoms. The van der Waals surface area contributed by atoms with Gasteiger partial charge in [0.15, 0.2) is 0 Å². The van der Waals surface area contributed by atoms with E-state index in [0.717, 1.165) is 5.69 Å². The highest BCUT2D eigenvalue weighted by molar-refractivity contribution is 5.84. The zero-order valence-corrected chi connectivity index (χ0v) is 9.19. The fraction of sp³-hybridized carbons (Fsp3) is 0.462. The van der Waals surface area contributed by atoms with E-state index in [-0.39, 0.29) is 0 Å². The van der Waals surface area contributed by atoms with Crippen molar-refractivity contribution >= 4 is 16.6 Å². The highest BCUT2D eigenvalue weighted by Gasteiger charge is 2.29. The molecule has 16 heavy (non-hydrogen) atoms. The van der Waals surface area contributed by atoms with E-state index >= 15 is 0 Å². The molecular formula is C13H15N3. The summed E-state index contributed by atoms with van der Waals surface area (Å²) in [6.07, 6.45) is 7.10. The number of nitrogens with zero attached hydrogens (tertiary/aromatic N) is 2. The summed E-state index contributed by atoms with van der Waals surface area (Å²) in [5.41, 5.74) is 9.66. The van der Waals surface area contributed by atoms with E-state index in [2.05, 4.69) is 21.9 Å². The van der Waals surface area contributed by atoms with Gasteiger partial charge in [0, 0.05) is 11.1 Å². The molecule has 3 heteroatoms. The largest absolute Gasteiger partial charge is 0.398 e. The number of aromatic nitrogens is 2. The number of hydrogen-bond acceptors (Lipinski definition) is 2. The van der Waals surface area contributed by atoms with Gasteiger partial charge in [-0.15, -0.1) is 0 Å². The minimum atomic E-state index is 0.646. The summed E-state index contributed by atoms with van der Waals surface area (Å²) >= 11 is 0. The van der Waals surface area contributed by atoms with Crippen LogP contribution in [0.3, 0.4) is 0 Å². The monoisotopic (exact) mass is 213 g/mol. The SMILES string of the molecule is Nc1cc2cnn(C3CC3)c2cc1C1CC1.